The highest BCUT2D eigenvalue weighted by Crippen LogP contribution is 2.26. The quantitative estimate of drug-likeness (QED) is 0.483. The first-order valence-corrected chi connectivity index (χ1v) is 12.1. The van der Waals surface area contributed by atoms with Gasteiger partial charge in [-0.1, -0.05) is 68.1 Å². The van der Waals surface area contributed by atoms with Crippen molar-refractivity contribution in [1.82, 2.24) is 19.1 Å². The molecule has 0 aliphatic carbocycles. The molecule has 0 saturated heterocycles. The van der Waals surface area contributed by atoms with Gasteiger partial charge in [0, 0.05) is 31.5 Å². The number of rotatable bonds is 9. The van der Waals surface area contributed by atoms with E-state index in [2.05, 4.69) is 22.3 Å². The standard InChI is InChI=1S/C21H26N4O2S2/c1-4-25(5-2)29(26,27)19-13-9-12-18(16-19)20-22-23-21(24(20)3)28-15-14-17-10-7-6-8-11-17/h6-13,16H,4-5,14-15H2,1-3H3. The molecule has 1 aromatic heterocycles. The van der Waals surface area contributed by atoms with Crippen molar-refractivity contribution in [2.24, 2.45) is 7.05 Å². The molecule has 1 heterocycles. The Bertz CT molecular complexity index is 1050. The monoisotopic (exact) mass is 430 g/mol. The van der Waals surface area contributed by atoms with Gasteiger partial charge < -0.3 is 4.57 Å². The lowest BCUT2D eigenvalue weighted by atomic mass is 10.2. The Labute approximate surface area is 177 Å². The van der Waals surface area contributed by atoms with Crippen LogP contribution in [0.4, 0.5) is 0 Å². The second-order valence-electron chi connectivity index (χ2n) is 6.57. The van der Waals surface area contributed by atoms with Gasteiger partial charge in [-0.15, -0.1) is 10.2 Å². The van der Waals surface area contributed by atoms with Gasteiger partial charge in [-0.2, -0.15) is 4.31 Å². The fourth-order valence-corrected chi connectivity index (χ4v) is 5.51. The van der Waals surface area contributed by atoms with Crippen molar-refractivity contribution in [1.29, 1.82) is 0 Å². The van der Waals surface area contributed by atoms with Crippen molar-refractivity contribution in [3.05, 3.63) is 60.2 Å². The van der Waals surface area contributed by atoms with E-state index in [0.717, 1.165) is 22.9 Å². The molecule has 3 aromatic rings. The van der Waals surface area contributed by atoms with Crippen molar-refractivity contribution < 1.29 is 8.42 Å². The highest BCUT2D eigenvalue weighted by Gasteiger charge is 2.22. The molecule has 0 N–H and O–H groups in total. The van der Waals surface area contributed by atoms with Crippen LogP contribution in [0.3, 0.4) is 0 Å². The zero-order chi connectivity index (χ0) is 20.9. The lowest BCUT2D eigenvalue weighted by molar-refractivity contribution is 0.445. The van der Waals surface area contributed by atoms with Crippen molar-refractivity contribution in [3.8, 4) is 11.4 Å². The normalized spacial score (nSPS) is 11.9. The maximum atomic E-state index is 12.8. The van der Waals surface area contributed by atoms with Gasteiger partial charge in [0.05, 0.1) is 4.90 Å². The number of sulfonamides is 1. The van der Waals surface area contributed by atoms with Crippen LogP contribution in [0, 0.1) is 0 Å². The number of benzene rings is 2. The first-order chi connectivity index (χ1) is 14.0. The van der Waals surface area contributed by atoms with Crippen molar-refractivity contribution >= 4 is 21.8 Å². The number of thioether (sulfide) groups is 1. The third-order valence-electron chi connectivity index (χ3n) is 4.74. The van der Waals surface area contributed by atoms with E-state index in [1.54, 1.807) is 30.0 Å². The van der Waals surface area contributed by atoms with E-state index in [1.807, 2.05) is 49.7 Å². The van der Waals surface area contributed by atoms with Crippen LogP contribution >= 0.6 is 11.8 Å². The van der Waals surface area contributed by atoms with Gasteiger partial charge in [0.2, 0.25) is 10.0 Å². The highest BCUT2D eigenvalue weighted by molar-refractivity contribution is 7.99. The average Bonchev–Trinajstić information content (AvgIpc) is 3.10. The zero-order valence-corrected chi connectivity index (χ0v) is 18.6. The minimum absolute atomic E-state index is 0.278. The molecule has 154 valence electrons. The van der Waals surface area contributed by atoms with Gasteiger partial charge in [0.15, 0.2) is 11.0 Å². The summed E-state index contributed by atoms with van der Waals surface area (Å²) < 4.78 is 29.0. The lowest BCUT2D eigenvalue weighted by Gasteiger charge is -2.18. The highest BCUT2D eigenvalue weighted by atomic mass is 32.2. The van der Waals surface area contributed by atoms with Crippen LogP contribution < -0.4 is 0 Å². The second-order valence-corrected chi connectivity index (χ2v) is 9.57. The zero-order valence-electron chi connectivity index (χ0n) is 16.9. The van der Waals surface area contributed by atoms with Crippen molar-refractivity contribution in [3.63, 3.8) is 0 Å². The summed E-state index contributed by atoms with van der Waals surface area (Å²) in [4.78, 5) is 0.278. The Morgan fingerprint density at radius 3 is 2.41 bits per heavy atom. The number of hydrogen-bond donors (Lipinski definition) is 0. The first-order valence-electron chi connectivity index (χ1n) is 9.64. The number of hydrogen-bond acceptors (Lipinski definition) is 5. The van der Waals surface area contributed by atoms with E-state index < -0.39 is 10.0 Å². The van der Waals surface area contributed by atoms with Crippen molar-refractivity contribution in [2.45, 2.75) is 30.3 Å². The summed E-state index contributed by atoms with van der Waals surface area (Å²) in [7, 11) is -1.60. The Morgan fingerprint density at radius 1 is 1.00 bits per heavy atom. The maximum absolute atomic E-state index is 12.8. The van der Waals surface area contributed by atoms with E-state index in [0.29, 0.717) is 18.9 Å². The summed E-state index contributed by atoms with van der Waals surface area (Å²) in [5.74, 6) is 1.55. The molecule has 0 radical (unpaired) electrons. The smallest absolute Gasteiger partial charge is 0.243 e. The van der Waals surface area contributed by atoms with Gasteiger partial charge in [0.1, 0.15) is 0 Å². The molecule has 3 rings (SSSR count). The molecular weight excluding hydrogens is 404 g/mol. The minimum Gasteiger partial charge on any atom is -0.305 e. The predicted octanol–water partition coefficient (Wildman–Crippen LogP) is 3.85. The summed E-state index contributed by atoms with van der Waals surface area (Å²) >= 11 is 1.64. The number of aryl methyl sites for hydroxylation is 1. The van der Waals surface area contributed by atoms with Gasteiger partial charge in [-0.25, -0.2) is 8.42 Å². The molecule has 0 spiro atoms. The minimum atomic E-state index is -3.51. The van der Waals surface area contributed by atoms with E-state index in [9.17, 15) is 8.42 Å². The van der Waals surface area contributed by atoms with Crippen molar-refractivity contribution in [2.75, 3.05) is 18.8 Å². The van der Waals surface area contributed by atoms with E-state index >= 15 is 0 Å². The fourth-order valence-electron chi connectivity index (χ4n) is 3.11. The van der Waals surface area contributed by atoms with Crippen LogP contribution in [0.2, 0.25) is 0 Å². The summed E-state index contributed by atoms with van der Waals surface area (Å²) in [5, 5.41) is 9.42. The van der Waals surface area contributed by atoms with E-state index in [-0.39, 0.29) is 4.90 Å². The third-order valence-corrected chi connectivity index (χ3v) is 7.80. The van der Waals surface area contributed by atoms with Crippen LogP contribution in [0.1, 0.15) is 19.4 Å². The Balaban J connectivity index is 1.78. The summed E-state index contributed by atoms with van der Waals surface area (Å²) in [5.41, 5.74) is 2.03. The molecule has 0 saturated carbocycles. The second kappa shape index (κ2) is 9.56. The van der Waals surface area contributed by atoms with Crippen LogP contribution in [0.5, 0.6) is 0 Å². The van der Waals surface area contributed by atoms with Crippen LogP contribution in [-0.4, -0.2) is 46.3 Å². The van der Waals surface area contributed by atoms with Crippen LogP contribution in [-0.2, 0) is 23.5 Å². The predicted molar refractivity (Wildman–Crippen MR) is 117 cm³/mol. The molecule has 6 nitrogen and oxygen atoms in total. The third kappa shape index (κ3) is 4.88. The molecule has 0 amide bonds. The molecule has 0 bridgehead atoms. The fraction of sp³-hybridized carbons (Fsp3) is 0.333. The average molecular weight is 431 g/mol. The molecule has 8 heteroatoms. The van der Waals surface area contributed by atoms with Gasteiger partial charge in [-0.05, 0) is 24.1 Å². The van der Waals surface area contributed by atoms with Crippen LogP contribution in [0.15, 0.2) is 64.6 Å². The molecule has 29 heavy (non-hydrogen) atoms. The van der Waals surface area contributed by atoms with E-state index in [4.69, 9.17) is 0 Å². The van der Waals surface area contributed by atoms with Gasteiger partial charge in [-0.3, -0.25) is 0 Å². The first kappa shape index (κ1) is 21.5. The largest absolute Gasteiger partial charge is 0.305 e. The summed E-state index contributed by atoms with van der Waals surface area (Å²) in [6.07, 6.45) is 0.950. The summed E-state index contributed by atoms with van der Waals surface area (Å²) in [6.45, 7) is 4.56. The molecule has 0 fully saturated rings. The SMILES string of the molecule is CCN(CC)S(=O)(=O)c1cccc(-c2nnc(SCCc3ccccc3)n2C)c1. The molecule has 0 aliphatic heterocycles. The van der Waals surface area contributed by atoms with Gasteiger partial charge in [0.25, 0.3) is 0 Å². The molecule has 2 aromatic carbocycles. The summed E-state index contributed by atoms with van der Waals surface area (Å²) in [6, 6.07) is 17.2. The topological polar surface area (TPSA) is 68.1 Å². The number of aromatic nitrogens is 3. The Morgan fingerprint density at radius 2 is 1.72 bits per heavy atom. The Hall–Kier alpha value is -2.16. The van der Waals surface area contributed by atoms with Crippen LogP contribution in [0.25, 0.3) is 11.4 Å². The molecule has 0 atom stereocenters. The van der Waals surface area contributed by atoms with Gasteiger partial charge >= 0.3 is 0 Å². The molecule has 0 aliphatic rings. The molecular formula is C21H26N4O2S2. The maximum Gasteiger partial charge on any atom is 0.243 e. The molecule has 0 unspecified atom stereocenters. The Kier molecular flexibility index (Phi) is 7.10. The van der Waals surface area contributed by atoms with E-state index in [1.165, 1.54) is 9.87 Å². The lowest BCUT2D eigenvalue weighted by Crippen LogP contribution is -2.30. The number of nitrogens with zero attached hydrogens (tertiary/aromatic N) is 4.